The van der Waals surface area contributed by atoms with Gasteiger partial charge in [0.25, 0.3) is 0 Å². The van der Waals surface area contributed by atoms with E-state index in [-0.39, 0.29) is 0 Å². The van der Waals surface area contributed by atoms with Crippen LogP contribution in [-0.4, -0.2) is 41.6 Å². The van der Waals surface area contributed by atoms with Crippen molar-refractivity contribution < 1.29 is 19.1 Å². The van der Waals surface area contributed by atoms with Crippen molar-refractivity contribution in [2.24, 2.45) is 0 Å². The van der Waals surface area contributed by atoms with E-state index in [4.69, 9.17) is 9.47 Å². The van der Waals surface area contributed by atoms with Crippen LogP contribution in [0.3, 0.4) is 0 Å². The SMILES string of the molecule is COC(=O)[C@H](CSc1nc2ccccc2s1)NC(=O)OC(C)(C)C. The van der Waals surface area contributed by atoms with Crippen molar-refractivity contribution in [3.63, 3.8) is 0 Å². The minimum Gasteiger partial charge on any atom is -0.467 e. The summed E-state index contributed by atoms with van der Waals surface area (Å²) in [5.41, 5.74) is 0.282. The number of carbonyl (C=O) groups excluding carboxylic acids is 2. The van der Waals surface area contributed by atoms with Gasteiger partial charge in [-0.3, -0.25) is 0 Å². The first-order valence-electron chi connectivity index (χ1n) is 7.34. The summed E-state index contributed by atoms with van der Waals surface area (Å²) in [6.07, 6.45) is -0.650. The molecular weight excluding hydrogens is 348 g/mol. The lowest BCUT2D eigenvalue weighted by Crippen LogP contribution is -2.45. The van der Waals surface area contributed by atoms with Crippen molar-refractivity contribution in [1.29, 1.82) is 0 Å². The van der Waals surface area contributed by atoms with E-state index in [0.29, 0.717) is 5.75 Å². The number of benzene rings is 1. The van der Waals surface area contributed by atoms with E-state index < -0.39 is 23.7 Å². The molecule has 1 N–H and O–H groups in total. The fourth-order valence-electron chi connectivity index (χ4n) is 1.83. The average Bonchev–Trinajstić information content (AvgIpc) is 2.91. The third-order valence-electron chi connectivity index (χ3n) is 2.82. The van der Waals surface area contributed by atoms with Crippen LogP contribution in [0.5, 0.6) is 0 Å². The first-order chi connectivity index (χ1) is 11.3. The maximum absolute atomic E-state index is 11.9. The molecule has 1 aromatic carbocycles. The number of nitrogens with one attached hydrogen (secondary N) is 1. The third-order valence-corrected chi connectivity index (χ3v) is 5.10. The van der Waals surface area contributed by atoms with Gasteiger partial charge in [-0.05, 0) is 32.9 Å². The van der Waals surface area contributed by atoms with Crippen molar-refractivity contribution in [3.05, 3.63) is 24.3 Å². The zero-order chi connectivity index (χ0) is 17.7. The van der Waals surface area contributed by atoms with Crippen LogP contribution in [0.1, 0.15) is 20.8 Å². The normalized spacial score (nSPS) is 12.7. The smallest absolute Gasteiger partial charge is 0.408 e. The molecule has 2 aromatic rings. The number of hydrogen-bond acceptors (Lipinski definition) is 7. The lowest BCUT2D eigenvalue weighted by molar-refractivity contribution is -0.142. The molecule has 0 saturated heterocycles. The summed E-state index contributed by atoms with van der Waals surface area (Å²) in [6, 6.07) is 7.01. The molecule has 0 radical (unpaired) electrons. The minimum absolute atomic E-state index is 0.311. The second-order valence-electron chi connectivity index (χ2n) is 5.98. The first kappa shape index (κ1) is 18.5. The molecule has 0 unspecified atom stereocenters. The number of esters is 1. The lowest BCUT2D eigenvalue weighted by atomic mass is 10.2. The molecule has 1 aromatic heterocycles. The number of fused-ring (bicyclic) bond motifs is 1. The molecule has 0 bridgehead atoms. The molecule has 8 heteroatoms. The molecule has 0 aliphatic heterocycles. The summed E-state index contributed by atoms with van der Waals surface area (Å²) >= 11 is 2.94. The summed E-state index contributed by atoms with van der Waals surface area (Å²) < 4.78 is 11.8. The highest BCUT2D eigenvalue weighted by Crippen LogP contribution is 2.29. The van der Waals surface area contributed by atoms with Crippen molar-refractivity contribution in [2.45, 2.75) is 36.8 Å². The molecule has 1 atom stereocenters. The number of rotatable bonds is 5. The number of ether oxygens (including phenoxy) is 2. The molecule has 6 nitrogen and oxygen atoms in total. The van der Waals surface area contributed by atoms with E-state index in [1.54, 1.807) is 32.1 Å². The molecule has 24 heavy (non-hydrogen) atoms. The number of thiazole rings is 1. The molecule has 0 fully saturated rings. The number of amides is 1. The van der Waals surface area contributed by atoms with E-state index in [0.717, 1.165) is 14.6 Å². The highest BCUT2D eigenvalue weighted by molar-refractivity contribution is 8.01. The number of alkyl carbamates (subject to hydrolysis) is 1. The Morgan fingerprint density at radius 3 is 2.67 bits per heavy atom. The molecule has 0 spiro atoms. The number of nitrogens with zero attached hydrogens (tertiary/aromatic N) is 1. The topological polar surface area (TPSA) is 77.5 Å². The van der Waals surface area contributed by atoms with Crippen LogP contribution in [0, 0.1) is 0 Å². The number of hydrogen-bond donors (Lipinski definition) is 1. The van der Waals surface area contributed by atoms with Gasteiger partial charge >= 0.3 is 12.1 Å². The zero-order valence-corrected chi connectivity index (χ0v) is 15.6. The monoisotopic (exact) mass is 368 g/mol. The van der Waals surface area contributed by atoms with Gasteiger partial charge in [-0.2, -0.15) is 0 Å². The zero-order valence-electron chi connectivity index (χ0n) is 14.0. The second-order valence-corrected chi connectivity index (χ2v) is 8.28. The number of aromatic nitrogens is 1. The molecule has 0 saturated carbocycles. The van der Waals surface area contributed by atoms with Crippen LogP contribution >= 0.6 is 23.1 Å². The van der Waals surface area contributed by atoms with Crippen LogP contribution in [0.2, 0.25) is 0 Å². The highest BCUT2D eigenvalue weighted by Gasteiger charge is 2.25. The molecule has 130 valence electrons. The van der Waals surface area contributed by atoms with Gasteiger partial charge in [0.15, 0.2) is 4.34 Å². The number of thioether (sulfide) groups is 1. The molecule has 0 aliphatic rings. The van der Waals surface area contributed by atoms with Gasteiger partial charge in [-0.1, -0.05) is 23.9 Å². The quantitative estimate of drug-likeness (QED) is 0.643. The highest BCUT2D eigenvalue weighted by atomic mass is 32.2. The fraction of sp³-hybridized carbons (Fsp3) is 0.438. The van der Waals surface area contributed by atoms with Gasteiger partial charge in [0.1, 0.15) is 11.6 Å². The summed E-state index contributed by atoms with van der Waals surface area (Å²) in [5.74, 6) is -0.208. The second kappa shape index (κ2) is 7.85. The largest absolute Gasteiger partial charge is 0.467 e. The van der Waals surface area contributed by atoms with E-state index in [2.05, 4.69) is 10.3 Å². The minimum atomic E-state index is -0.804. The Hall–Kier alpha value is -1.80. The van der Waals surface area contributed by atoms with E-state index in [1.165, 1.54) is 18.9 Å². The van der Waals surface area contributed by atoms with Gasteiger partial charge in [0, 0.05) is 5.75 Å². The van der Waals surface area contributed by atoms with Gasteiger partial charge in [0.2, 0.25) is 0 Å². The summed E-state index contributed by atoms with van der Waals surface area (Å²) in [5, 5.41) is 2.55. The Balaban J connectivity index is 2.00. The Bertz CT molecular complexity index is 691. The maximum Gasteiger partial charge on any atom is 0.408 e. The Labute approximate surface area is 148 Å². The van der Waals surface area contributed by atoms with Gasteiger partial charge in [0.05, 0.1) is 17.3 Å². The van der Waals surface area contributed by atoms with Crippen molar-refractivity contribution in [1.82, 2.24) is 10.3 Å². The summed E-state index contributed by atoms with van der Waals surface area (Å²) in [7, 11) is 1.29. The molecule has 2 rings (SSSR count). The maximum atomic E-state index is 11.9. The molecule has 1 heterocycles. The van der Waals surface area contributed by atoms with Crippen molar-refractivity contribution >= 4 is 45.4 Å². The third kappa shape index (κ3) is 5.38. The van der Waals surface area contributed by atoms with Crippen molar-refractivity contribution in [2.75, 3.05) is 12.9 Å². The summed E-state index contributed by atoms with van der Waals surface area (Å²) in [6.45, 7) is 5.28. The van der Waals surface area contributed by atoms with E-state index >= 15 is 0 Å². The number of methoxy groups -OCH3 is 1. The number of carbonyl (C=O) groups is 2. The Morgan fingerprint density at radius 1 is 1.33 bits per heavy atom. The predicted octanol–water partition coefficient (Wildman–Crippen LogP) is 3.45. The standard InChI is InChI=1S/C16H20N2O4S2/c1-16(2,3)22-14(20)17-11(13(19)21-4)9-23-15-18-10-7-5-6-8-12(10)24-15/h5-8,11H,9H2,1-4H3,(H,17,20)/t11-/m0/s1. The summed E-state index contributed by atoms with van der Waals surface area (Å²) in [4.78, 5) is 28.3. The van der Waals surface area contributed by atoms with Gasteiger partial charge in [-0.25, -0.2) is 14.6 Å². The average molecular weight is 368 g/mol. The van der Waals surface area contributed by atoms with Crippen LogP contribution in [0.25, 0.3) is 10.2 Å². The molecular formula is C16H20N2O4S2. The van der Waals surface area contributed by atoms with Gasteiger partial charge in [-0.15, -0.1) is 11.3 Å². The number of para-hydroxylation sites is 1. The molecule has 0 aliphatic carbocycles. The first-order valence-corrected chi connectivity index (χ1v) is 9.14. The fourth-order valence-corrected chi connectivity index (χ4v) is 3.93. The van der Waals surface area contributed by atoms with Gasteiger partial charge < -0.3 is 14.8 Å². The van der Waals surface area contributed by atoms with E-state index in [1.807, 2.05) is 24.3 Å². The Kier molecular flexibility index (Phi) is 6.06. The van der Waals surface area contributed by atoms with Crippen LogP contribution in [0.4, 0.5) is 4.79 Å². The Morgan fingerprint density at radius 2 is 2.04 bits per heavy atom. The van der Waals surface area contributed by atoms with Crippen molar-refractivity contribution in [3.8, 4) is 0 Å². The van der Waals surface area contributed by atoms with Crippen LogP contribution in [-0.2, 0) is 14.3 Å². The van der Waals surface area contributed by atoms with E-state index in [9.17, 15) is 9.59 Å². The predicted molar refractivity (Wildman–Crippen MR) is 95.5 cm³/mol. The van der Waals surface area contributed by atoms with Crippen LogP contribution in [0.15, 0.2) is 28.6 Å². The molecule has 1 amide bonds. The van der Waals surface area contributed by atoms with Crippen LogP contribution < -0.4 is 5.32 Å². The lowest BCUT2D eigenvalue weighted by Gasteiger charge is -2.22.